The molecule has 4 aliphatic rings. The summed E-state index contributed by atoms with van der Waals surface area (Å²) >= 11 is 0. The predicted octanol–water partition coefficient (Wildman–Crippen LogP) is 3.94. The normalized spacial score (nSPS) is 29.0. The first-order chi connectivity index (χ1) is 16.5. The fourth-order valence-corrected chi connectivity index (χ4v) is 7.25. The largest absolute Gasteiger partial charge is 0.335 e. The van der Waals surface area contributed by atoms with Gasteiger partial charge in [-0.05, 0) is 70.4 Å². The van der Waals surface area contributed by atoms with Gasteiger partial charge in [-0.15, -0.1) is 0 Å². The van der Waals surface area contributed by atoms with Crippen molar-refractivity contribution in [3.05, 3.63) is 52.0 Å². The van der Waals surface area contributed by atoms with Gasteiger partial charge < -0.3 is 4.90 Å². The summed E-state index contributed by atoms with van der Waals surface area (Å²) in [6.45, 7) is 7.10. The minimum atomic E-state index is -0.0818. The van der Waals surface area contributed by atoms with Gasteiger partial charge in [0, 0.05) is 24.5 Å². The molecule has 0 radical (unpaired) electrons. The number of carbonyl (C=O) groups is 1. The Labute approximate surface area is 201 Å². The van der Waals surface area contributed by atoms with Crippen molar-refractivity contribution in [3.63, 3.8) is 0 Å². The molecule has 0 N–H and O–H groups in total. The standard InChI is InChI=1S/C28H36N4O2/c1-18(2)32-28(34)23-10-4-3-9-22(23)24(29-32)16-26(33)31-13-7-8-19-14-20-15-21(27(19)31)17-30-12-6-5-11-25(20)30/h3-4,9-10,14,18,20-21,25,27H,5-8,11-13,15-17H2,1-2H3. The summed E-state index contributed by atoms with van der Waals surface area (Å²) in [4.78, 5) is 31.6. The Morgan fingerprint density at radius 3 is 2.76 bits per heavy atom. The lowest BCUT2D eigenvalue weighted by atomic mass is 9.68. The number of hydrogen-bond donors (Lipinski definition) is 0. The lowest BCUT2D eigenvalue weighted by Crippen LogP contribution is -2.60. The third kappa shape index (κ3) is 3.62. The highest BCUT2D eigenvalue weighted by molar-refractivity contribution is 5.88. The highest BCUT2D eigenvalue weighted by Crippen LogP contribution is 2.45. The summed E-state index contributed by atoms with van der Waals surface area (Å²) in [6, 6.07) is 8.51. The molecule has 6 nitrogen and oxygen atoms in total. The fraction of sp³-hybridized carbons (Fsp3) is 0.607. The third-order valence-corrected chi connectivity index (χ3v) is 8.69. The molecule has 2 aromatic rings. The van der Waals surface area contributed by atoms with Crippen LogP contribution in [-0.2, 0) is 11.2 Å². The maximum atomic E-state index is 13.8. The number of likely N-dealkylation sites (tertiary alicyclic amines) is 1. The minimum absolute atomic E-state index is 0.0505. The zero-order valence-corrected chi connectivity index (χ0v) is 20.4. The van der Waals surface area contributed by atoms with E-state index in [9.17, 15) is 9.59 Å². The van der Waals surface area contributed by atoms with Crippen LogP contribution in [0.4, 0.5) is 0 Å². The fourth-order valence-electron chi connectivity index (χ4n) is 7.25. The molecule has 3 aliphatic heterocycles. The molecule has 0 saturated carbocycles. The first kappa shape index (κ1) is 22.0. The molecule has 34 heavy (non-hydrogen) atoms. The van der Waals surface area contributed by atoms with Gasteiger partial charge in [0.15, 0.2) is 0 Å². The van der Waals surface area contributed by atoms with Crippen molar-refractivity contribution in [3.8, 4) is 0 Å². The molecular weight excluding hydrogens is 424 g/mol. The molecule has 1 amide bonds. The van der Waals surface area contributed by atoms with Crippen molar-refractivity contribution in [1.82, 2.24) is 19.6 Å². The van der Waals surface area contributed by atoms with Crippen molar-refractivity contribution in [2.24, 2.45) is 11.8 Å². The van der Waals surface area contributed by atoms with Crippen LogP contribution in [-0.4, -0.2) is 57.2 Å². The Balaban J connectivity index is 1.32. The van der Waals surface area contributed by atoms with Crippen LogP contribution in [0.1, 0.15) is 64.1 Å². The molecule has 4 heterocycles. The van der Waals surface area contributed by atoms with E-state index < -0.39 is 0 Å². The maximum absolute atomic E-state index is 13.8. The Bertz CT molecular complexity index is 1200. The van der Waals surface area contributed by atoms with Crippen LogP contribution < -0.4 is 5.56 Å². The topological polar surface area (TPSA) is 58.4 Å². The van der Waals surface area contributed by atoms with Gasteiger partial charge in [-0.1, -0.05) is 36.3 Å². The van der Waals surface area contributed by atoms with Gasteiger partial charge in [-0.3, -0.25) is 14.5 Å². The van der Waals surface area contributed by atoms with Gasteiger partial charge in [0.25, 0.3) is 5.56 Å². The second-order valence-corrected chi connectivity index (χ2v) is 11.1. The molecule has 1 aliphatic carbocycles. The van der Waals surface area contributed by atoms with E-state index in [1.165, 1.54) is 42.5 Å². The quantitative estimate of drug-likeness (QED) is 0.651. The van der Waals surface area contributed by atoms with Crippen molar-refractivity contribution in [1.29, 1.82) is 0 Å². The number of piperidine rings is 3. The van der Waals surface area contributed by atoms with Crippen molar-refractivity contribution < 1.29 is 4.79 Å². The zero-order chi connectivity index (χ0) is 23.4. The summed E-state index contributed by atoms with van der Waals surface area (Å²) in [5, 5.41) is 6.15. The number of carbonyl (C=O) groups excluding carboxylic acids is 1. The molecule has 2 bridgehead atoms. The number of fused-ring (bicyclic) bond motifs is 7. The zero-order valence-electron chi connectivity index (χ0n) is 20.4. The number of rotatable bonds is 3. The summed E-state index contributed by atoms with van der Waals surface area (Å²) < 4.78 is 1.54. The number of aromatic nitrogens is 2. The van der Waals surface area contributed by atoms with E-state index in [-0.39, 0.29) is 30.0 Å². The van der Waals surface area contributed by atoms with E-state index in [2.05, 4.69) is 21.0 Å². The smallest absolute Gasteiger partial charge is 0.274 e. The predicted molar refractivity (Wildman–Crippen MR) is 134 cm³/mol. The Hall–Kier alpha value is -2.47. The lowest BCUT2D eigenvalue weighted by molar-refractivity contribution is -0.135. The van der Waals surface area contributed by atoms with Crippen molar-refractivity contribution in [2.75, 3.05) is 19.6 Å². The van der Waals surface area contributed by atoms with Crippen molar-refractivity contribution >= 4 is 16.7 Å². The number of nitrogens with zero attached hydrogens (tertiary/aromatic N) is 4. The van der Waals surface area contributed by atoms with E-state index >= 15 is 0 Å². The SMILES string of the molecule is CC(C)n1nc(CC(=O)N2CCCC3=CC4CC(CN5CCCCC45)C32)c2ccccc2c1=O. The third-order valence-electron chi connectivity index (χ3n) is 8.69. The van der Waals surface area contributed by atoms with Gasteiger partial charge in [0.05, 0.1) is 29.6 Å². The lowest BCUT2D eigenvalue weighted by Gasteiger charge is -2.54. The first-order valence-corrected chi connectivity index (χ1v) is 13.3. The van der Waals surface area contributed by atoms with Crippen LogP contribution in [0.5, 0.6) is 0 Å². The van der Waals surface area contributed by atoms with Crippen LogP contribution in [0.15, 0.2) is 40.7 Å². The van der Waals surface area contributed by atoms with Crippen LogP contribution in [0.3, 0.4) is 0 Å². The van der Waals surface area contributed by atoms with Crippen molar-refractivity contribution in [2.45, 2.75) is 76.9 Å². The highest BCUT2D eigenvalue weighted by atomic mass is 16.2. The second-order valence-electron chi connectivity index (χ2n) is 11.1. The molecule has 1 aromatic carbocycles. The molecule has 4 unspecified atom stereocenters. The Kier molecular flexibility index (Phi) is 5.59. The van der Waals surface area contributed by atoms with Gasteiger partial charge in [-0.25, -0.2) is 4.68 Å². The summed E-state index contributed by atoms with van der Waals surface area (Å²) in [5.41, 5.74) is 2.15. The molecule has 6 heteroatoms. The van der Waals surface area contributed by atoms with Gasteiger partial charge in [0.1, 0.15) is 0 Å². The summed E-state index contributed by atoms with van der Waals surface area (Å²) in [7, 11) is 0. The summed E-state index contributed by atoms with van der Waals surface area (Å²) in [5.74, 6) is 1.36. The average Bonchev–Trinajstić information content (AvgIpc) is 2.85. The van der Waals surface area contributed by atoms with E-state index in [1.54, 1.807) is 0 Å². The van der Waals surface area contributed by atoms with E-state index in [4.69, 9.17) is 0 Å². The number of amides is 1. The maximum Gasteiger partial charge on any atom is 0.274 e. The number of benzene rings is 1. The monoisotopic (exact) mass is 460 g/mol. The molecule has 0 spiro atoms. The molecule has 3 fully saturated rings. The van der Waals surface area contributed by atoms with Gasteiger partial charge >= 0.3 is 0 Å². The van der Waals surface area contributed by atoms with Gasteiger partial charge in [-0.2, -0.15) is 5.10 Å². The Morgan fingerprint density at radius 2 is 1.94 bits per heavy atom. The van der Waals surface area contributed by atoms with Gasteiger partial charge in [0.2, 0.25) is 5.91 Å². The van der Waals surface area contributed by atoms with Crippen LogP contribution in [0, 0.1) is 11.8 Å². The molecule has 4 atom stereocenters. The first-order valence-electron chi connectivity index (χ1n) is 13.3. The highest BCUT2D eigenvalue weighted by Gasteiger charge is 2.46. The van der Waals surface area contributed by atoms with E-state index in [0.29, 0.717) is 17.2 Å². The van der Waals surface area contributed by atoms with Crippen LogP contribution in [0.25, 0.3) is 10.8 Å². The van der Waals surface area contributed by atoms with E-state index in [1.807, 2.05) is 38.1 Å². The summed E-state index contributed by atoms with van der Waals surface area (Å²) in [6.07, 6.45) is 10.2. The van der Waals surface area contributed by atoms with E-state index in [0.717, 1.165) is 43.1 Å². The molecule has 180 valence electrons. The molecular formula is C28H36N4O2. The number of hydrogen-bond acceptors (Lipinski definition) is 4. The van der Waals surface area contributed by atoms with Crippen LogP contribution >= 0.6 is 0 Å². The minimum Gasteiger partial charge on any atom is -0.335 e. The second kappa shape index (κ2) is 8.63. The molecule has 1 aromatic heterocycles. The molecule has 6 rings (SSSR count). The Morgan fingerprint density at radius 1 is 1.12 bits per heavy atom. The average molecular weight is 461 g/mol. The molecule has 3 saturated heterocycles. The van der Waals surface area contributed by atoms with Crippen LogP contribution in [0.2, 0.25) is 0 Å².